The van der Waals surface area contributed by atoms with Crippen LogP contribution in [0.15, 0.2) is 131 Å². The van der Waals surface area contributed by atoms with Gasteiger partial charge >= 0.3 is 0 Å². The predicted octanol–water partition coefficient (Wildman–Crippen LogP) is 7.88. The van der Waals surface area contributed by atoms with Crippen molar-refractivity contribution in [1.82, 2.24) is 9.97 Å². The highest BCUT2D eigenvalue weighted by Crippen LogP contribution is 2.19. The van der Waals surface area contributed by atoms with E-state index >= 15 is 0 Å². The molecule has 2 aromatic heterocycles. The normalized spacial score (nSPS) is 11.7. The number of benzene rings is 4. The van der Waals surface area contributed by atoms with Crippen molar-refractivity contribution >= 4 is 45.6 Å². The minimum absolute atomic E-state index is 0.849. The Morgan fingerprint density at radius 2 is 0.892 bits per heavy atom. The lowest BCUT2D eigenvalue weighted by atomic mass is 10.0. The van der Waals surface area contributed by atoms with Crippen LogP contribution >= 0.6 is 0 Å². The average Bonchev–Trinajstić information content (AvgIpc) is 2.96. The summed E-state index contributed by atoms with van der Waals surface area (Å²) in [5.74, 6) is 0. The van der Waals surface area contributed by atoms with E-state index in [1.807, 2.05) is 85.2 Å². The molecule has 0 amide bonds. The second kappa shape index (κ2) is 10.3. The molecular formula is C33H24N4. The Morgan fingerprint density at radius 3 is 1.35 bits per heavy atom. The van der Waals surface area contributed by atoms with Gasteiger partial charge in [-0.25, -0.2) is 9.97 Å². The number of aliphatic imine (C=N–C) groups is 2. The van der Waals surface area contributed by atoms with Gasteiger partial charge in [0.15, 0.2) is 0 Å². The lowest BCUT2D eigenvalue weighted by Gasteiger charge is -2.04. The molecule has 0 aliphatic rings. The van der Waals surface area contributed by atoms with Gasteiger partial charge in [0.05, 0.1) is 46.2 Å². The molecule has 0 saturated carbocycles. The SMILES string of the molecule is C(=Nc1ccc(Cc2ccc(N=Cc3ccc4ccccc4n3)cc2)cc1)c1ccc2ccccc2n1. The van der Waals surface area contributed by atoms with E-state index in [4.69, 9.17) is 0 Å². The van der Waals surface area contributed by atoms with Crippen molar-refractivity contribution in [2.24, 2.45) is 9.98 Å². The fourth-order valence-electron chi connectivity index (χ4n) is 4.22. The highest BCUT2D eigenvalue weighted by atomic mass is 14.8. The van der Waals surface area contributed by atoms with Crippen LogP contribution in [0.5, 0.6) is 0 Å². The zero-order chi connectivity index (χ0) is 24.9. The van der Waals surface area contributed by atoms with Gasteiger partial charge in [-0.05, 0) is 66.1 Å². The number of fused-ring (bicyclic) bond motifs is 2. The van der Waals surface area contributed by atoms with E-state index < -0.39 is 0 Å². The first-order chi connectivity index (χ1) is 18.3. The van der Waals surface area contributed by atoms with Crippen molar-refractivity contribution < 1.29 is 0 Å². The first-order valence-corrected chi connectivity index (χ1v) is 12.3. The quantitative estimate of drug-likeness (QED) is 0.230. The number of hydrogen-bond acceptors (Lipinski definition) is 4. The molecule has 0 aliphatic heterocycles. The third kappa shape index (κ3) is 5.49. The van der Waals surface area contributed by atoms with E-state index in [1.165, 1.54) is 11.1 Å². The second-order valence-electron chi connectivity index (χ2n) is 8.88. The highest BCUT2D eigenvalue weighted by molar-refractivity contribution is 5.87. The molecule has 0 saturated heterocycles. The van der Waals surface area contributed by atoms with Crippen LogP contribution in [-0.4, -0.2) is 22.4 Å². The lowest BCUT2D eigenvalue weighted by molar-refractivity contribution is 1.19. The van der Waals surface area contributed by atoms with Crippen LogP contribution < -0.4 is 0 Å². The molecule has 0 aliphatic carbocycles. The van der Waals surface area contributed by atoms with Crippen LogP contribution in [0.2, 0.25) is 0 Å². The number of pyridine rings is 2. The van der Waals surface area contributed by atoms with Crippen molar-refractivity contribution in [1.29, 1.82) is 0 Å². The molecule has 0 fully saturated rings. The molecule has 0 bridgehead atoms. The van der Waals surface area contributed by atoms with E-state index in [0.717, 1.165) is 51.0 Å². The smallest absolute Gasteiger partial charge is 0.0820 e. The maximum atomic E-state index is 4.65. The minimum atomic E-state index is 0.849. The second-order valence-corrected chi connectivity index (χ2v) is 8.88. The van der Waals surface area contributed by atoms with Crippen LogP contribution in [0.25, 0.3) is 21.8 Å². The highest BCUT2D eigenvalue weighted by Gasteiger charge is 2.00. The van der Waals surface area contributed by atoms with Gasteiger partial charge in [-0.15, -0.1) is 0 Å². The van der Waals surface area contributed by atoms with E-state index in [0.29, 0.717) is 0 Å². The first-order valence-electron chi connectivity index (χ1n) is 12.3. The molecule has 37 heavy (non-hydrogen) atoms. The van der Waals surface area contributed by atoms with Gasteiger partial charge in [-0.3, -0.25) is 9.98 Å². The van der Waals surface area contributed by atoms with Crippen LogP contribution in [0.4, 0.5) is 11.4 Å². The van der Waals surface area contributed by atoms with Crippen LogP contribution in [-0.2, 0) is 6.42 Å². The van der Waals surface area contributed by atoms with Crippen molar-refractivity contribution in [3.8, 4) is 0 Å². The zero-order valence-corrected chi connectivity index (χ0v) is 20.2. The summed E-state index contributed by atoms with van der Waals surface area (Å²) >= 11 is 0. The Hall–Kier alpha value is -4.96. The summed E-state index contributed by atoms with van der Waals surface area (Å²) in [7, 11) is 0. The molecule has 6 rings (SSSR count). The Labute approximate surface area is 215 Å². The number of aromatic nitrogens is 2. The van der Waals surface area contributed by atoms with Crippen molar-refractivity contribution in [2.45, 2.75) is 6.42 Å². The Balaban J connectivity index is 1.08. The molecule has 4 nitrogen and oxygen atoms in total. The molecule has 4 heteroatoms. The fourth-order valence-corrected chi connectivity index (χ4v) is 4.22. The van der Waals surface area contributed by atoms with Gasteiger partial charge < -0.3 is 0 Å². The molecule has 0 N–H and O–H groups in total. The summed E-state index contributed by atoms with van der Waals surface area (Å²) in [5.41, 5.74) is 7.94. The molecule has 176 valence electrons. The average molecular weight is 477 g/mol. The number of rotatable bonds is 6. The number of nitrogens with zero attached hydrogens (tertiary/aromatic N) is 4. The van der Waals surface area contributed by atoms with E-state index in [9.17, 15) is 0 Å². The third-order valence-corrected chi connectivity index (χ3v) is 6.21. The molecule has 4 aromatic carbocycles. The monoisotopic (exact) mass is 476 g/mol. The molecule has 0 radical (unpaired) electrons. The van der Waals surface area contributed by atoms with Gasteiger partial charge in [0, 0.05) is 10.8 Å². The van der Waals surface area contributed by atoms with Crippen LogP contribution in [0, 0.1) is 0 Å². The summed E-state index contributed by atoms with van der Waals surface area (Å²) in [6.45, 7) is 0. The van der Waals surface area contributed by atoms with Crippen molar-refractivity contribution in [3.05, 3.63) is 144 Å². The Kier molecular flexibility index (Phi) is 6.29. The summed E-state index contributed by atoms with van der Waals surface area (Å²) in [6.07, 6.45) is 4.48. The Bertz CT molecular complexity index is 1600. The fraction of sp³-hybridized carbons (Fsp3) is 0.0303. The predicted molar refractivity (Wildman–Crippen MR) is 154 cm³/mol. The summed E-state index contributed by atoms with van der Waals surface area (Å²) < 4.78 is 0. The largest absolute Gasteiger partial charge is 0.255 e. The van der Waals surface area contributed by atoms with Gasteiger partial charge in [0.25, 0.3) is 0 Å². The summed E-state index contributed by atoms with van der Waals surface area (Å²) in [5, 5.41) is 2.26. The summed E-state index contributed by atoms with van der Waals surface area (Å²) in [4.78, 5) is 18.5. The van der Waals surface area contributed by atoms with Gasteiger partial charge in [-0.2, -0.15) is 0 Å². The van der Waals surface area contributed by atoms with Gasteiger partial charge in [0.1, 0.15) is 0 Å². The molecular weight excluding hydrogens is 452 g/mol. The molecule has 0 spiro atoms. The lowest BCUT2D eigenvalue weighted by Crippen LogP contribution is -1.89. The molecule has 0 atom stereocenters. The third-order valence-electron chi connectivity index (χ3n) is 6.21. The van der Waals surface area contributed by atoms with Crippen LogP contribution in [0.1, 0.15) is 22.5 Å². The maximum absolute atomic E-state index is 4.65. The zero-order valence-electron chi connectivity index (χ0n) is 20.2. The van der Waals surface area contributed by atoms with Gasteiger partial charge in [-0.1, -0.05) is 72.8 Å². The van der Waals surface area contributed by atoms with E-state index in [1.54, 1.807) is 0 Å². The van der Waals surface area contributed by atoms with E-state index in [2.05, 4.69) is 68.5 Å². The standard InChI is InChI=1S/C33H24N4/c1-3-7-32-26(5-1)13-19-30(36-32)22-34-28-15-9-24(10-16-28)21-25-11-17-29(18-12-25)35-23-31-20-14-27-6-2-4-8-33(27)37-31/h1-20,22-23H,21H2. The summed E-state index contributed by atoms with van der Waals surface area (Å²) in [6, 6.07) is 41.0. The number of para-hydroxylation sites is 2. The van der Waals surface area contributed by atoms with Crippen molar-refractivity contribution in [3.63, 3.8) is 0 Å². The minimum Gasteiger partial charge on any atom is -0.255 e. The van der Waals surface area contributed by atoms with Gasteiger partial charge in [0.2, 0.25) is 0 Å². The number of hydrogen-bond donors (Lipinski definition) is 0. The van der Waals surface area contributed by atoms with Crippen LogP contribution in [0.3, 0.4) is 0 Å². The Morgan fingerprint density at radius 1 is 0.459 bits per heavy atom. The molecule has 6 aromatic rings. The van der Waals surface area contributed by atoms with Crippen molar-refractivity contribution in [2.75, 3.05) is 0 Å². The topological polar surface area (TPSA) is 50.5 Å². The molecule has 2 heterocycles. The maximum Gasteiger partial charge on any atom is 0.0820 e. The van der Waals surface area contributed by atoms with E-state index in [-0.39, 0.29) is 0 Å². The molecule has 0 unspecified atom stereocenters. The first kappa shape index (κ1) is 22.5.